The van der Waals surface area contributed by atoms with Gasteiger partial charge in [-0.25, -0.2) is 0 Å². The lowest BCUT2D eigenvalue weighted by Crippen LogP contribution is -2.43. The molecule has 3 rings (SSSR count). The first-order chi connectivity index (χ1) is 12.4. The summed E-state index contributed by atoms with van der Waals surface area (Å²) in [6, 6.07) is 13.6. The van der Waals surface area contributed by atoms with E-state index < -0.39 is 0 Å². The summed E-state index contributed by atoms with van der Waals surface area (Å²) in [6.45, 7) is 6.01. The standard InChI is InChI=1S/C21H24N2O3/c1-14(2)23-18-12-17(9-10-19(18)26-13-21(23)25)22-20(24)11-8-16-6-4-15(3)5-7-16/h4-7,9-10,12,14H,8,11,13H2,1-3H3,(H,22,24). The molecule has 26 heavy (non-hydrogen) atoms. The molecule has 0 aromatic heterocycles. The number of aryl methyl sites for hydroxylation is 2. The van der Waals surface area contributed by atoms with Gasteiger partial charge in [-0.3, -0.25) is 9.59 Å². The number of ether oxygens (including phenoxy) is 1. The van der Waals surface area contributed by atoms with Crippen molar-refractivity contribution in [3.8, 4) is 5.75 Å². The van der Waals surface area contributed by atoms with E-state index in [1.165, 1.54) is 5.56 Å². The van der Waals surface area contributed by atoms with Crippen LogP contribution in [-0.4, -0.2) is 24.5 Å². The summed E-state index contributed by atoms with van der Waals surface area (Å²) in [5, 5.41) is 2.92. The van der Waals surface area contributed by atoms with Gasteiger partial charge < -0.3 is 15.0 Å². The molecule has 0 fully saturated rings. The highest BCUT2D eigenvalue weighted by Crippen LogP contribution is 2.35. The molecule has 2 aromatic carbocycles. The van der Waals surface area contributed by atoms with Crippen LogP contribution in [0.2, 0.25) is 0 Å². The Kier molecular flexibility index (Phi) is 5.26. The molecule has 0 spiro atoms. The summed E-state index contributed by atoms with van der Waals surface area (Å²) in [6.07, 6.45) is 1.10. The van der Waals surface area contributed by atoms with Crippen LogP contribution < -0.4 is 15.0 Å². The van der Waals surface area contributed by atoms with E-state index in [9.17, 15) is 9.59 Å². The van der Waals surface area contributed by atoms with Gasteiger partial charge in [0.15, 0.2) is 6.61 Å². The molecular formula is C21H24N2O3. The molecule has 1 heterocycles. The lowest BCUT2D eigenvalue weighted by molar-refractivity contribution is -0.121. The Labute approximate surface area is 154 Å². The van der Waals surface area contributed by atoms with Gasteiger partial charge in [0.05, 0.1) is 5.69 Å². The molecule has 0 saturated heterocycles. The van der Waals surface area contributed by atoms with Crippen LogP contribution in [0, 0.1) is 6.92 Å². The number of benzene rings is 2. The quantitative estimate of drug-likeness (QED) is 0.893. The van der Waals surface area contributed by atoms with Crippen molar-refractivity contribution in [3.63, 3.8) is 0 Å². The number of rotatable bonds is 5. The van der Waals surface area contributed by atoms with Crippen LogP contribution in [0.25, 0.3) is 0 Å². The first-order valence-corrected chi connectivity index (χ1v) is 8.88. The third kappa shape index (κ3) is 4.04. The second kappa shape index (κ2) is 7.60. The third-order valence-corrected chi connectivity index (χ3v) is 4.40. The van der Waals surface area contributed by atoms with E-state index in [-0.39, 0.29) is 24.5 Å². The normalized spacial score (nSPS) is 13.4. The highest BCUT2D eigenvalue weighted by molar-refractivity contribution is 6.00. The fourth-order valence-electron chi connectivity index (χ4n) is 3.05. The molecule has 0 unspecified atom stereocenters. The third-order valence-electron chi connectivity index (χ3n) is 4.40. The van der Waals surface area contributed by atoms with Crippen LogP contribution in [0.15, 0.2) is 42.5 Å². The number of fused-ring (bicyclic) bond motifs is 1. The summed E-state index contributed by atoms with van der Waals surface area (Å²) < 4.78 is 5.49. The minimum Gasteiger partial charge on any atom is -0.482 e. The van der Waals surface area contributed by atoms with E-state index >= 15 is 0 Å². The maximum absolute atomic E-state index is 12.3. The highest BCUT2D eigenvalue weighted by Gasteiger charge is 2.27. The molecular weight excluding hydrogens is 328 g/mol. The average molecular weight is 352 g/mol. The van der Waals surface area contributed by atoms with Gasteiger partial charge in [0.25, 0.3) is 5.91 Å². The summed E-state index contributed by atoms with van der Waals surface area (Å²) in [7, 11) is 0. The lowest BCUT2D eigenvalue weighted by atomic mass is 10.1. The molecule has 5 nitrogen and oxygen atoms in total. The average Bonchev–Trinajstić information content (AvgIpc) is 2.60. The second-order valence-corrected chi connectivity index (χ2v) is 6.86. The molecule has 2 amide bonds. The maximum Gasteiger partial charge on any atom is 0.265 e. The molecule has 0 aliphatic carbocycles. The highest BCUT2D eigenvalue weighted by atomic mass is 16.5. The Morgan fingerprint density at radius 3 is 2.62 bits per heavy atom. The smallest absolute Gasteiger partial charge is 0.265 e. The number of nitrogens with one attached hydrogen (secondary N) is 1. The molecule has 1 aliphatic rings. The van der Waals surface area contributed by atoms with Gasteiger partial charge in [-0.05, 0) is 51.0 Å². The van der Waals surface area contributed by atoms with Gasteiger partial charge in [0.1, 0.15) is 5.75 Å². The number of carbonyl (C=O) groups excluding carboxylic acids is 2. The first-order valence-electron chi connectivity index (χ1n) is 8.88. The molecule has 0 saturated carbocycles. The maximum atomic E-state index is 12.3. The van der Waals surface area contributed by atoms with Crippen molar-refractivity contribution in [1.82, 2.24) is 0 Å². The monoisotopic (exact) mass is 352 g/mol. The molecule has 136 valence electrons. The van der Waals surface area contributed by atoms with Crippen molar-refractivity contribution in [2.24, 2.45) is 0 Å². The van der Waals surface area contributed by atoms with E-state index in [1.54, 1.807) is 23.1 Å². The van der Waals surface area contributed by atoms with Crippen molar-refractivity contribution in [1.29, 1.82) is 0 Å². The van der Waals surface area contributed by atoms with E-state index in [0.717, 1.165) is 5.56 Å². The first kappa shape index (κ1) is 18.0. The fourth-order valence-corrected chi connectivity index (χ4v) is 3.05. The minimum absolute atomic E-state index is 0.0256. The molecule has 1 N–H and O–H groups in total. The number of hydrogen-bond donors (Lipinski definition) is 1. The SMILES string of the molecule is Cc1ccc(CCC(=O)Nc2ccc3c(c2)N(C(C)C)C(=O)CO3)cc1. The molecule has 1 aliphatic heterocycles. The van der Waals surface area contributed by atoms with E-state index in [2.05, 4.69) is 5.32 Å². The molecule has 0 bridgehead atoms. The Bertz CT molecular complexity index is 813. The molecule has 0 radical (unpaired) electrons. The zero-order valence-electron chi connectivity index (χ0n) is 15.4. The zero-order valence-corrected chi connectivity index (χ0v) is 15.4. The van der Waals surface area contributed by atoms with Crippen molar-refractivity contribution in [2.45, 2.75) is 39.7 Å². The summed E-state index contributed by atoms with van der Waals surface area (Å²) in [4.78, 5) is 26.1. The predicted octanol–water partition coefficient (Wildman–Crippen LogP) is 3.70. The topological polar surface area (TPSA) is 58.6 Å². The van der Waals surface area contributed by atoms with Gasteiger partial charge in [0, 0.05) is 18.2 Å². The van der Waals surface area contributed by atoms with Crippen molar-refractivity contribution in [2.75, 3.05) is 16.8 Å². The Hall–Kier alpha value is -2.82. The van der Waals surface area contributed by atoms with Gasteiger partial charge >= 0.3 is 0 Å². The predicted molar refractivity (Wildman–Crippen MR) is 103 cm³/mol. The molecule has 0 atom stereocenters. The Balaban J connectivity index is 1.67. The summed E-state index contributed by atoms with van der Waals surface area (Å²) in [5.41, 5.74) is 3.72. The zero-order chi connectivity index (χ0) is 18.7. The van der Waals surface area contributed by atoms with Crippen LogP contribution in [0.4, 0.5) is 11.4 Å². The fraction of sp³-hybridized carbons (Fsp3) is 0.333. The number of nitrogens with zero attached hydrogens (tertiary/aromatic N) is 1. The van der Waals surface area contributed by atoms with E-state index in [0.29, 0.717) is 30.0 Å². The number of amides is 2. The van der Waals surface area contributed by atoms with Gasteiger partial charge in [-0.15, -0.1) is 0 Å². The van der Waals surface area contributed by atoms with E-state index in [1.807, 2.05) is 45.0 Å². The lowest BCUT2D eigenvalue weighted by Gasteiger charge is -2.32. The van der Waals surface area contributed by atoms with Gasteiger partial charge in [-0.2, -0.15) is 0 Å². The summed E-state index contributed by atoms with van der Waals surface area (Å²) in [5.74, 6) is 0.538. The van der Waals surface area contributed by atoms with Gasteiger partial charge in [0.2, 0.25) is 5.91 Å². The Morgan fingerprint density at radius 1 is 1.19 bits per heavy atom. The van der Waals surface area contributed by atoms with E-state index in [4.69, 9.17) is 4.74 Å². The number of hydrogen-bond acceptors (Lipinski definition) is 3. The van der Waals surface area contributed by atoms with Crippen LogP contribution in [0.5, 0.6) is 5.75 Å². The largest absolute Gasteiger partial charge is 0.482 e. The van der Waals surface area contributed by atoms with Crippen LogP contribution >= 0.6 is 0 Å². The minimum atomic E-state index is -0.0738. The van der Waals surface area contributed by atoms with Crippen LogP contribution in [0.3, 0.4) is 0 Å². The van der Waals surface area contributed by atoms with Crippen molar-refractivity contribution >= 4 is 23.2 Å². The second-order valence-electron chi connectivity index (χ2n) is 6.86. The number of carbonyl (C=O) groups is 2. The summed E-state index contributed by atoms with van der Waals surface area (Å²) >= 11 is 0. The van der Waals surface area contributed by atoms with Gasteiger partial charge in [-0.1, -0.05) is 29.8 Å². The van der Waals surface area contributed by atoms with Crippen molar-refractivity contribution < 1.29 is 14.3 Å². The Morgan fingerprint density at radius 2 is 1.92 bits per heavy atom. The van der Waals surface area contributed by atoms with Crippen molar-refractivity contribution in [3.05, 3.63) is 53.6 Å². The van der Waals surface area contributed by atoms with Crippen LogP contribution in [-0.2, 0) is 16.0 Å². The number of anilines is 2. The van der Waals surface area contributed by atoms with Crippen LogP contribution in [0.1, 0.15) is 31.4 Å². The molecule has 5 heteroatoms. The molecule has 2 aromatic rings.